The van der Waals surface area contributed by atoms with Crippen LogP contribution >= 0.6 is 0 Å². The van der Waals surface area contributed by atoms with Gasteiger partial charge >= 0.3 is 0 Å². The first kappa shape index (κ1) is 44.3. The van der Waals surface area contributed by atoms with E-state index in [2.05, 4.69) is 51.1 Å². The van der Waals surface area contributed by atoms with Gasteiger partial charge in [0.1, 0.15) is 49.4 Å². The van der Waals surface area contributed by atoms with Crippen LogP contribution in [0.4, 0.5) is 29.0 Å². The summed E-state index contributed by atoms with van der Waals surface area (Å²) in [5.41, 5.74) is 6.40. The molecule has 3 aliphatic heterocycles. The van der Waals surface area contributed by atoms with E-state index in [1.54, 1.807) is 12.4 Å². The van der Waals surface area contributed by atoms with E-state index in [1.165, 1.54) is 0 Å². The van der Waals surface area contributed by atoms with E-state index in [1.807, 2.05) is 109 Å². The van der Waals surface area contributed by atoms with E-state index in [4.69, 9.17) is 43.4 Å². The molecule has 2 aromatic heterocycles. The summed E-state index contributed by atoms with van der Waals surface area (Å²) in [6, 6.07) is 31.5. The van der Waals surface area contributed by atoms with Crippen LogP contribution in [0.2, 0.25) is 0 Å². The van der Waals surface area contributed by atoms with Gasteiger partial charge in [-0.15, -0.1) is 0 Å². The zero-order valence-electron chi connectivity index (χ0n) is 37.7. The van der Waals surface area contributed by atoms with Crippen molar-refractivity contribution in [3.8, 4) is 57.4 Å². The molecule has 0 amide bonds. The van der Waals surface area contributed by atoms with Gasteiger partial charge in [0.15, 0.2) is 0 Å². The van der Waals surface area contributed by atoms with Crippen LogP contribution in [0.25, 0.3) is 22.5 Å². The van der Waals surface area contributed by atoms with Crippen molar-refractivity contribution < 1.29 is 28.4 Å². The number of hydrogen-bond acceptors (Lipinski definition) is 15. The molecule has 1 unspecified atom stereocenters. The summed E-state index contributed by atoms with van der Waals surface area (Å²) in [5.74, 6) is 10.0. The smallest absolute Gasteiger partial charge is 0.233 e. The van der Waals surface area contributed by atoms with Crippen molar-refractivity contribution in [3.63, 3.8) is 0 Å². The van der Waals surface area contributed by atoms with E-state index in [-0.39, 0.29) is 19.8 Å². The Morgan fingerprint density at radius 3 is 2.30 bits per heavy atom. The average Bonchev–Trinajstić information content (AvgIpc) is 3.55. The second kappa shape index (κ2) is 21.4. The molecule has 1 fully saturated rings. The molecular formula is C51H55N9O6. The lowest BCUT2D eigenvalue weighted by Crippen LogP contribution is -2.41. The molecule has 340 valence electrons. The molecule has 0 saturated carbocycles. The van der Waals surface area contributed by atoms with Crippen LogP contribution in [0.3, 0.4) is 0 Å². The van der Waals surface area contributed by atoms with E-state index < -0.39 is 6.23 Å². The third-order valence-corrected chi connectivity index (χ3v) is 11.2. The van der Waals surface area contributed by atoms with E-state index >= 15 is 0 Å². The minimum absolute atomic E-state index is 0.101. The standard InChI is InChI=1S/C51H55N9O6/c1-57(2)21-6-10-37-13-15-41-35-47(37)64-30-27-61-26-29-63-42-11-4-8-38(32-42)45-18-20-53-51(56-45)60(41)49-36-62-28-31-65-48-34-40(14-16-46(48)59-23-7-22-58(3)24-25-59)54-50-52-19-17-44(55-50)39-9-5-12-43(33-39)66-49/h4-5,8-9,11-20,32-35,49H,7,21-31,36H2,1-3H3,(H,52,54,55). The number of rotatable bonds is 3. The molecule has 0 radical (unpaired) electrons. The summed E-state index contributed by atoms with van der Waals surface area (Å²) >= 11 is 0. The fourth-order valence-corrected chi connectivity index (χ4v) is 7.90. The van der Waals surface area contributed by atoms with Gasteiger partial charge in [-0.1, -0.05) is 36.1 Å². The Labute approximate surface area is 386 Å². The monoisotopic (exact) mass is 889 g/mol. The Kier molecular flexibility index (Phi) is 14.3. The normalized spacial score (nSPS) is 17.2. The Hall–Kier alpha value is -6.96. The predicted octanol–water partition coefficient (Wildman–Crippen LogP) is 7.14. The molecule has 5 heterocycles. The molecule has 12 bridgehead atoms. The molecule has 1 N–H and O–H groups in total. The van der Waals surface area contributed by atoms with E-state index in [0.29, 0.717) is 73.5 Å². The molecule has 0 spiro atoms. The number of aromatic nitrogens is 4. The lowest BCUT2D eigenvalue weighted by molar-refractivity contribution is 0.0382. The molecule has 1 atom stereocenters. The summed E-state index contributed by atoms with van der Waals surface area (Å²) in [6.45, 7) is 6.49. The number of likely N-dealkylation sites (N-methyl/N-ethyl adjacent to an activating group) is 1. The maximum atomic E-state index is 7.03. The van der Waals surface area contributed by atoms with E-state index in [9.17, 15) is 0 Å². The summed E-state index contributed by atoms with van der Waals surface area (Å²) in [5, 5.41) is 3.41. The van der Waals surface area contributed by atoms with Gasteiger partial charge in [0.25, 0.3) is 0 Å². The highest BCUT2D eigenvalue weighted by molar-refractivity contribution is 5.70. The number of ether oxygens (including phenoxy) is 6. The third-order valence-electron chi connectivity index (χ3n) is 11.2. The van der Waals surface area contributed by atoms with Crippen LogP contribution in [0.5, 0.6) is 23.0 Å². The van der Waals surface area contributed by atoms with Gasteiger partial charge in [-0.05, 0) is 94.8 Å². The van der Waals surface area contributed by atoms with Crippen molar-refractivity contribution in [1.82, 2.24) is 29.7 Å². The van der Waals surface area contributed by atoms with E-state index in [0.717, 1.165) is 72.1 Å². The second-order valence-corrected chi connectivity index (χ2v) is 16.4. The maximum Gasteiger partial charge on any atom is 0.233 e. The van der Waals surface area contributed by atoms with Gasteiger partial charge in [0.05, 0.1) is 54.7 Å². The molecule has 15 heteroatoms. The lowest BCUT2D eigenvalue weighted by atomic mass is 10.1. The summed E-state index contributed by atoms with van der Waals surface area (Å²) in [6.07, 6.45) is 3.75. The Morgan fingerprint density at radius 1 is 0.697 bits per heavy atom. The molecule has 66 heavy (non-hydrogen) atoms. The molecule has 1 saturated heterocycles. The Bertz CT molecular complexity index is 2660. The molecule has 4 aromatic carbocycles. The molecule has 0 aliphatic carbocycles. The van der Waals surface area contributed by atoms with Crippen molar-refractivity contribution in [2.45, 2.75) is 12.6 Å². The van der Waals surface area contributed by atoms with Gasteiger partial charge in [-0.3, -0.25) is 9.80 Å². The summed E-state index contributed by atoms with van der Waals surface area (Å²) in [4.78, 5) is 28.3. The SMILES string of the molecule is CN(C)CC#Cc1ccc2cc1OCCOCCOc1cccc(c1)-c1ccnc(n1)N2C1COCCOc2cc(ccc2N2CCCN(C)CC2)Nc2nccc(n2)-c2cccc(c2)O1. The Morgan fingerprint density at radius 2 is 1.45 bits per heavy atom. The number of hydrogen-bond donors (Lipinski definition) is 1. The number of benzene rings is 4. The highest BCUT2D eigenvalue weighted by atomic mass is 16.6. The molecule has 6 aromatic rings. The van der Waals surface area contributed by atoms with Crippen LogP contribution in [0.15, 0.2) is 109 Å². The second-order valence-electron chi connectivity index (χ2n) is 16.4. The van der Waals surface area contributed by atoms with Crippen LogP contribution in [-0.2, 0) is 9.47 Å². The van der Waals surface area contributed by atoms with Crippen LogP contribution < -0.4 is 34.1 Å². The van der Waals surface area contributed by atoms with Crippen LogP contribution in [-0.4, -0.2) is 136 Å². The fourth-order valence-electron chi connectivity index (χ4n) is 7.90. The van der Waals surface area contributed by atoms with Crippen LogP contribution in [0.1, 0.15) is 12.0 Å². The molecule has 3 aliphatic rings. The van der Waals surface area contributed by atoms with Crippen molar-refractivity contribution in [2.24, 2.45) is 0 Å². The summed E-state index contributed by atoms with van der Waals surface area (Å²) in [7, 11) is 6.15. The highest BCUT2D eigenvalue weighted by Crippen LogP contribution is 2.36. The maximum absolute atomic E-state index is 7.03. The minimum Gasteiger partial charge on any atom is -0.491 e. The highest BCUT2D eigenvalue weighted by Gasteiger charge is 2.28. The van der Waals surface area contributed by atoms with Gasteiger partial charge in [-0.25, -0.2) is 19.9 Å². The van der Waals surface area contributed by atoms with Crippen LogP contribution in [0, 0.1) is 11.8 Å². The topological polar surface area (TPSA) is 132 Å². The number of nitrogens with one attached hydrogen (secondary N) is 1. The average molecular weight is 890 g/mol. The van der Waals surface area contributed by atoms with Crippen molar-refractivity contribution in [2.75, 3.05) is 115 Å². The largest absolute Gasteiger partial charge is 0.491 e. The molecular weight excluding hydrogens is 835 g/mol. The quantitative estimate of drug-likeness (QED) is 0.181. The molecule has 9 rings (SSSR count). The van der Waals surface area contributed by atoms with Crippen molar-refractivity contribution in [1.29, 1.82) is 0 Å². The first-order valence-electron chi connectivity index (χ1n) is 22.4. The van der Waals surface area contributed by atoms with Gasteiger partial charge < -0.3 is 43.5 Å². The first-order valence-corrected chi connectivity index (χ1v) is 22.4. The third kappa shape index (κ3) is 11.3. The number of anilines is 5. The van der Waals surface area contributed by atoms with Crippen molar-refractivity contribution >= 4 is 29.0 Å². The zero-order chi connectivity index (χ0) is 45.1. The van der Waals surface area contributed by atoms with Gasteiger partial charge in [-0.2, -0.15) is 0 Å². The predicted molar refractivity (Wildman–Crippen MR) is 256 cm³/mol. The fraction of sp³-hybridized carbons (Fsp3) is 0.333. The number of nitrogens with zero attached hydrogens (tertiary/aromatic N) is 8. The van der Waals surface area contributed by atoms with Gasteiger partial charge in [0.2, 0.25) is 18.1 Å². The lowest BCUT2D eigenvalue weighted by Gasteiger charge is -2.32. The Balaban J connectivity index is 1.13. The number of fused-ring (bicyclic) bond motifs is 14. The summed E-state index contributed by atoms with van der Waals surface area (Å²) < 4.78 is 38.6. The van der Waals surface area contributed by atoms with Gasteiger partial charge in [0, 0.05) is 61.0 Å². The van der Waals surface area contributed by atoms with Crippen molar-refractivity contribution in [3.05, 3.63) is 115 Å². The zero-order valence-corrected chi connectivity index (χ0v) is 37.7. The molecule has 15 nitrogen and oxygen atoms in total. The minimum atomic E-state index is -0.805. The first-order chi connectivity index (χ1) is 32.4.